The predicted molar refractivity (Wildman–Crippen MR) is 142 cm³/mol. The minimum absolute atomic E-state index is 0.171. The topological polar surface area (TPSA) is 75.7 Å². The predicted octanol–water partition coefficient (Wildman–Crippen LogP) is 5.84. The molecule has 4 rings (SSSR count). The molecule has 1 aliphatic rings. The van der Waals surface area contributed by atoms with Gasteiger partial charge in [-0.1, -0.05) is 53.1 Å². The highest BCUT2D eigenvalue weighted by atomic mass is 35.5. The summed E-state index contributed by atoms with van der Waals surface area (Å²) in [4.78, 5) is 39.6. The Kier molecular flexibility index (Phi) is 7.00. The second-order valence-corrected chi connectivity index (χ2v) is 9.51. The van der Waals surface area contributed by atoms with Crippen molar-refractivity contribution >= 4 is 41.2 Å². The Morgan fingerprint density at radius 1 is 0.917 bits per heavy atom. The van der Waals surface area contributed by atoms with Crippen molar-refractivity contribution in [2.24, 2.45) is 0 Å². The van der Waals surface area contributed by atoms with Crippen LogP contribution < -0.4 is 15.0 Å². The Balaban J connectivity index is 1.73. The van der Waals surface area contributed by atoms with Crippen LogP contribution in [0.25, 0.3) is 6.08 Å². The summed E-state index contributed by atoms with van der Waals surface area (Å²) in [6.07, 6.45) is 1.99. The number of carbonyl (C=O) groups excluding carboxylic acids is 3. The van der Waals surface area contributed by atoms with Crippen LogP contribution >= 0.6 is 11.6 Å². The van der Waals surface area contributed by atoms with Gasteiger partial charge >= 0.3 is 6.03 Å². The first-order chi connectivity index (χ1) is 17.1. The summed E-state index contributed by atoms with van der Waals surface area (Å²) >= 11 is 6.66. The third kappa shape index (κ3) is 5.04. The molecule has 0 atom stereocenters. The lowest BCUT2D eigenvalue weighted by Gasteiger charge is -2.28. The SMILES string of the molecule is COc1cc(/C=C2\C(=O)NC(=O)N(c3cc(C)ccc3C)C2=O)cc(Cl)c1Cc1cc(C)cc(C)c1. The fourth-order valence-corrected chi connectivity index (χ4v) is 4.73. The number of ether oxygens (including phenoxy) is 1. The maximum Gasteiger partial charge on any atom is 0.335 e. The van der Waals surface area contributed by atoms with Crippen molar-refractivity contribution in [2.45, 2.75) is 34.1 Å². The van der Waals surface area contributed by atoms with Gasteiger partial charge in [0.1, 0.15) is 11.3 Å². The number of nitrogens with one attached hydrogen (secondary N) is 1. The Bertz CT molecular complexity index is 1420. The summed E-state index contributed by atoms with van der Waals surface area (Å²) in [5.41, 5.74) is 6.60. The van der Waals surface area contributed by atoms with Gasteiger partial charge in [0.25, 0.3) is 11.8 Å². The standard InChI is InChI=1S/C29H27ClN2O4/c1-16-6-7-19(4)25(11-16)32-28(34)23(27(33)31-29(32)35)13-21-14-24(30)22(26(15-21)36-5)12-20-9-17(2)8-18(3)10-20/h6-11,13-15H,12H2,1-5H3,(H,31,33,35)/b23-13+. The normalized spacial score (nSPS) is 14.9. The molecule has 3 aromatic carbocycles. The van der Waals surface area contributed by atoms with E-state index >= 15 is 0 Å². The maximum atomic E-state index is 13.3. The summed E-state index contributed by atoms with van der Waals surface area (Å²) < 4.78 is 5.62. The smallest absolute Gasteiger partial charge is 0.335 e. The van der Waals surface area contributed by atoms with Crippen molar-refractivity contribution in [3.8, 4) is 5.75 Å². The monoisotopic (exact) mass is 502 g/mol. The molecule has 1 saturated heterocycles. The van der Waals surface area contributed by atoms with E-state index in [-0.39, 0.29) is 5.57 Å². The number of imide groups is 2. The van der Waals surface area contributed by atoms with Gasteiger partial charge < -0.3 is 4.74 Å². The third-order valence-electron chi connectivity index (χ3n) is 6.08. The second-order valence-electron chi connectivity index (χ2n) is 9.10. The fraction of sp³-hybridized carbons (Fsp3) is 0.207. The van der Waals surface area contributed by atoms with Gasteiger partial charge in [-0.05, 0) is 74.2 Å². The van der Waals surface area contributed by atoms with Crippen molar-refractivity contribution < 1.29 is 19.1 Å². The van der Waals surface area contributed by atoms with E-state index in [0.717, 1.165) is 38.3 Å². The minimum atomic E-state index is -0.782. The first-order valence-corrected chi connectivity index (χ1v) is 11.9. The molecule has 0 saturated carbocycles. The van der Waals surface area contributed by atoms with Gasteiger partial charge in [0.15, 0.2) is 0 Å². The van der Waals surface area contributed by atoms with E-state index in [1.165, 1.54) is 6.08 Å². The average molecular weight is 503 g/mol. The summed E-state index contributed by atoms with van der Waals surface area (Å²) in [7, 11) is 1.55. The molecule has 0 bridgehead atoms. The molecule has 4 amide bonds. The van der Waals surface area contributed by atoms with E-state index in [2.05, 4.69) is 23.5 Å². The fourth-order valence-electron chi connectivity index (χ4n) is 4.45. The van der Waals surface area contributed by atoms with Gasteiger partial charge in [-0.15, -0.1) is 0 Å². The molecule has 0 aliphatic carbocycles. The second kappa shape index (κ2) is 9.99. The number of anilines is 1. The summed E-state index contributed by atoms with van der Waals surface area (Å²) in [6, 6.07) is 14.4. The van der Waals surface area contributed by atoms with Crippen LogP contribution in [0.5, 0.6) is 5.75 Å². The maximum absolute atomic E-state index is 13.3. The van der Waals surface area contributed by atoms with Gasteiger partial charge in [-0.3, -0.25) is 14.9 Å². The number of urea groups is 1. The van der Waals surface area contributed by atoms with E-state index in [0.29, 0.717) is 28.4 Å². The van der Waals surface area contributed by atoms with Gasteiger partial charge in [0.05, 0.1) is 12.8 Å². The number of barbiturate groups is 1. The summed E-state index contributed by atoms with van der Waals surface area (Å²) in [6.45, 7) is 7.76. The van der Waals surface area contributed by atoms with Crippen LogP contribution in [-0.2, 0) is 16.0 Å². The highest BCUT2D eigenvalue weighted by Crippen LogP contribution is 2.33. The molecule has 6 nitrogen and oxygen atoms in total. The zero-order valence-electron chi connectivity index (χ0n) is 20.9. The van der Waals surface area contributed by atoms with Crippen LogP contribution in [0.3, 0.4) is 0 Å². The molecule has 1 N–H and O–H groups in total. The molecule has 3 aromatic rings. The Labute approximate surface area is 215 Å². The van der Waals surface area contributed by atoms with Crippen LogP contribution in [0.1, 0.15) is 38.9 Å². The number of benzene rings is 3. The average Bonchev–Trinajstić information content (AvgIpc) is 2.79. The Hall–Kier alpha value is -3.90. The van der Waals surface area contributed by atoms with Gasteiger partial charge in [-0.25, -0.2) is 9.69 Å². The third-order valence-corrected chi connectivity index (χ3v) is 6.41. The highest BCUT2D eigenvalue weighted by Gasteiger charge is 2.37. The number of halogens is 1. The molecular weight excluding hydrogens is 476 g/mol. The van der Waals surface area contributed by atoms with Crippen LogP contribution in [0.15, 0.2) is 54.1 Å². The van der Waals surface area contributed by atoms with Crippen molar-refractivity contribution in [3.63, 3.8) is 0 Å². The lowest BCUT2D eigenvalue weighted by molar-refractivity contribution is -0.122. The van der Waals surface area contributed by atoms with Crippen molar-refractivity contribution in [2.75, 3.05) is 12.0 Å². The summed E-state index contributed by atoms with van der Waals surface area (Å²) in [5.74, 6) is -0.924. The zero-order chi connectivity index (χ0) is 26.1. The number of methoxy groups -OCH3 is 1. The first-order valence-electron chi connectivity index (χ1n) is 11.5. The van der Waals surface area contributed by atoms with E-state index in [1.807, 2.05) is 32.9 Å². The minimum Gasteiger partial charge on any atom is -0.496 e. The molecule has 1 aliphatic heterocycles. The van der Waals surface area contributed by atoms with Crippen LogP contribution in [0.2, 0.25) is 5.02 Å². The number of nitrogens with zero attached hydrogens (tertiary/aromatic N) is 1. The summed E-state index contributed by atoms with van der Waals surface area (Å²) in [5, 5.41) is 2.72. The van der Waals surface area contributed by atoms with Crippen LogP contribution in [0, 0.1) is 27.7 Å². The molecule has 1 fully saturated rings. The van der Waals surface area contributed by atoms with Crippen molar-refractivity contribution in [1.82, 2.24) is 5.32 Å². The van der Waals surface area contributed by atoms with Crippen molar-refractivity contribution in [3.05, 3.63) is 98.1 Å². The van der Waals surface area contributed by atoms with Crippen molar-refractivity contribution in [1.29, 1.82) is 0 Å². The number of hydrogen-bond acceptors (Lipinski definition) is 4. The quantitative estimate of drug-likeness (QED) is 0.351. The van der Waals surface area contributed by atoms with Gasteiger partial charge in [0, 0.05) is 17.0 Å². The van der Waals surface area contributed by atoms with E-state index in [9.17, 15) is 14.4 Å². The largest absolute Gasteiger partial charge is 0.496 e. The number of rotatable bonds is 5. The Morgan fingerprint density at radius 3 is 2.28 bits per heavy atom. The number of carbonyl (C=O) groups is 3. The van der Waals surface area contributed by atoms with Gasteiger partial charge in [0.2, 0.25) is 0 Å². The molecule has 7 heteroatoms. The van der Waals surface area contributed by atoms with E-state index in [4.69, 9.17) is 16.3 Å². The lowest BCUT2D eigenvalue weighted by Crippen LogP contribution is -2.54. The van der Waals surface area contributed by atoms with E-state index < -0.39 is 17.8 Å². The van der Waals surface area contributed by atoms with Crippen LogP contribution in [0.4, 0.5) is 10.5 Å². The molecular formula is C29H27ClN2O4. The number of amides is 4. The zero-order valence-corrected chi connectivity index (χ0v) is 21.6. The molecule has 0 radical (unpaired) electrons. The molecule has 0 unspecified atom stereocenters. The Morgan fingerprint density at radius 2 is 1.61 bits per heavy atom. The molecule has 36 heavy (non-hydrogen) atoms. The van der Waals surface area contributed by atoms with E-state index in [1.54, 1.807) is 32.2 Å². The number of aryl methyl sites for hydroxylation is 4. The highest BCUT2D eigenvalue weighted by molar-refractivity contribution is 6.39. The molecule has 0 aromatic heterocycles. The molecule has 1 heterocycles. The first kappa shape index (κ1) is 25.2. The number of hydrogen-bond donors (Lipinski definition) is 1. The molecule has 0 spiro atoms. The van der Waals surface area contributed by atoms with Gasteiger partial charge in [-0.2, -0.15) is 0 Å². The lowest BCUT2D eigenvalue weighted by atomic mass is 9.98. The molecule has 184 valence electrons. The van der Waals surface area contributed by atoms with Crippen LogP contribution in [-0.4, -0.2) is 25.0 Å².